The Morgan fingerprint density at radius 3 is 2.30 bits per heavy atom. The lowest BCUT2D eigenvalue weighted by molar-refractivity contribution is -0.149. The molecule has 1 amide bonds. The van der Waals surface area contributed by atoms with E-state index >= 15 is 0 Å². The Balaban J connectivity index is 1.53. The first-order chi connectivity index (χ1) is 13.2. The number of likely N-dealkylation sites (tertiary alicyclic amines) is 1. The lowest BCUT2D eigenvalue weighted by Crippen LogP contribution is -2.40. The average molecular weight is 363 g/mol. The number of esters is 1. The number of rotatable bonds is 3. The quantitative estimate of drug-likeness (QED) is 0.528. The van der Waals surface area contributed by atoms with Crippen molar-refractivity contribution < 1.29 is 14.3 Å². The fourth-order valence-electron chi connectivity index (χ4n) is 3.51. The topological polar surface area (TPSA) is 72.4 Å². The van der Waals surface area contributed by atoms with Crippen LogP contribution in [0.5, 0.6) is 0 Å². The third-order valence-corrected chi connectivity index (χ3v) is 4.99. The van der Waals surface area contributed by atoms with Crippen LogP contribution in [-0.2, 0) is 9.53 Å². The molecule has 0 spiro atoms. The maximum Gasteiger partial charge on any atom is 0.309 e. The van der Waals surface area contributed by atoms with Crippen LogP contribution < -0.4 is 0 Å². The zero-order valence-electron chi connectivity index (χ0n) is 15.2. The van der Waals surface area contributed by atoms with Crippen LogP contribution in [0.25, 0.3) is 22.1 Å². The van der Waals surface area contributed by atoms with Crippen molar-refractivity contribution in [2.75, 3.05) is 19.7 Å². The number of aromatic nitrogens is 2. The molecule has 0 aliphatic carbocycles. The van der Waals surface area contributed by atoms with Crippen LogP contribution in [0.1, 0.15) is 30.1 Å². The van der Waals surface area contributed by atoms with Crippen molar-refractivity contribution in [2.45, 2.75) is 19.8 Å². The number of ether oxygens (including phenoxy) is 1. The Labute approximate surface area is 157 Å². The van der Waals surface area contributed by atoms with Crippen LogP contribution in [0.2, 0.25) is 0 Å². The number of benzene rings is 2. The molecule has 0 unspecified atom stereocenters. The van der Waals surface area contributed by atoms with Crippen molar-refractivity contribution >= 4 is 33.9 Å². The molecular formula is C21H21N3O3. The number of carbonyl (C=O) groups excluding carboxylic acids is 2. The van der Waals surface area contributed by atoms with Gasteiger partial charge in [0, 0.05) is 18.7 Å². The van der Waals surface area contributed by atoms with Gasteiger partial charge in [-0.3, -0.25) is 9.59 Å². The van der Waals surface area contributed by atoms with E-state index in [0.717, 1.165) is 16.6 Å². The second-order valence-corrected chi connectivity index (χ2v) is 6.73. The van der Waals surface area contributed by atoms with Gasteiger partial charge in [-0.2, -0.15) is 0 Å². The molecule has 27 heavy (non-hydrogen) atoms. The standard InChI is InChI=1S/C21H21N3O3/c1-2-27-21(26)14-9-11-24(12-10-14)20(25)15-7-8-18-19(13-15)23-17-6-4-3-5-16(17)22-18/h3-8,13-14H,2,9-12H2,1H3. The third kappa shape index (κ3) is 3.47. The van der Waals surface area contributed by atoms with Gasteiger partial charge in [0.1, 0.15) is 0 Å². The van der Waals surface area contributed by atoms with E-state index in [1.165, 1.54) is 0 Å². The van der Waals surface area contributed by atoms with Gasteiger partial charge in [0.05, 0.1) is 34.6 Å². The molecule has 138 valence electrons. The van der Waals surface area contributed by atoms with Crippen molar-refractivity contribution in [1.29, 1.82) is 0 Å². The van der Waals surface area contributed by atoms with Crippen molar-refractivity contribution in [3.8, 4) is 0 Å². The van der Waals surface area contributed by atoms with Gasteiger partial charge in [-0.15, -0.1) is 0 Å². The monoisotopic (exact) mass is 363 g/mol. The molecular weight excluding hydrogens is 342 g/mol. The van der Waals surface area contributed by atoms with Gasteiger partial charge in [-0.1, -0.05) is 12.1 Å². The molecule has 1 aliphatic rings. The normalized spacial score (nSPS) is 15.2. The van der Waals surface area contributed by atoms with Gasteiger partial charge in [-0.05, 0) is 50.1 Å². The SMILES string of the molecule is CCOC(=O)C1CCN(C(=O)c2ccc3nc4ccccc4nc3c2)CC1. The van der Waals surface area contributed by atoms with E-state index in [9.17, 15) is 9.59 Å². The summed E-state index contributed by atoms with van der Waals surface area (Å²) in [6, 6.07) is 13.1. The molecule has 3 aromatic rings. The van der Waals surface area contributed by atoms with E-state index in [-0.39, 0.29) is 17.8 Å². The van der Waals surface area contributed by atoms with Gasteiger partial charge < -0.3 is 9.64 Å². The van der Waals surface area contributed by atoms with Crippen LogP contribution in [-0.4, -0.2) is 46.4 Å². The van der Waals surface area contributed by atoms with Gasteiger partial charge in [0.25, 0.3) is 5.91 Å². The summed E-state index contributed by atoms with van der Waals surface area (Å²) in [5.74, 6) is -0.297. The second-order valence-electron chi connectivity index (χ2n) is 6.73. The molecule has 2 aromatic carbocycles. The summed E-state index contributed by atoms with van der Waals surface area (Å²) in [5, 5.41) is 0. The summed E-state index contributed by atoms with van der Waals surface area (Å²) in [6.07, 6.45) is 1.28. The van der Waals surface area contributed by atoms with E-state index in [2.05, 4.69) is 9.97 Å². The molecule has 1 aromatic heterocycles. The number of para-hydroxylation sites is 2. The summed E-state index contributed by atoms with van der Waals surface area (Å²) in [7, 11) is 0. The van der Waals surface area contributed by atoms with E-state index in [4.69, 9.17) is 4.74 Å². The molecule has 0 radical (unpaired) electrons. The Bertz CT molecular complexity index is 1010. The highest BCUT2D eigenvalue weighted by Gasteiger charge is 2.28. The summed E-state index contributed by atoms with van der Waals surface area (Å²) in [6.45, 7) is 3.32. The maximum absolute atomic E-state index is 12.9. The predicted molar refractivity (Wildman–Crippen MR) is 102 cm³/mol. The third-order valence-electron chi connectivity index (χ3n) is 4.99. The summed E-state index contributed by atoms with van der Waals surface area (Å²) < 4.78 is 5.09. The van der Waals surface area contributed by atoms with Gasteiger partial charge >= 0.3 is 5.97 Å². The first kappa shape index (κ1) is 17.4. The number of hydrogen-bond acceptors (Lipinski definition) is 5. The molecule has 6 heteroatoms. The highest BCUT2D eigenvalue weighted by Crippen LogP contribution is 2.22. The fourth-order valence-corrected chi connectivity index (χ4v) is 3.51. The number of hydrogen-bond donors (Lipinski definition) is 0. The lowest BCUT2D eigenvalue weighted by atomic mass is 9.96. The lowest BCUT2D eigenvalue weighted by Gasteiger charge is -2.31. The van der Waals surface area contributed by atoms with E-state index in [0.29, 0.717) is 43.6 Å². The molecule has 0 N–H and O–H groups in total. The van der Waals surface area contributed by atoms with Crippen LogP contribution in [0.15, 0.2) is 42.5 Å². The smallest absolute Gasteiger partial charge is 0.309 e. The number of carbonyl (C=O) groups is 2. The minimum Gasteiger partial charge on any atom is -0.466 e. The molecule has 2 heterocycles. The molecule has 4 rings (SSSR count). The van der Waals surface area contributed by atoms with Crippen molar-refractivity contribution in [3.05, 3.63) is 48.0 Å². The van der Waals surface area contributed by atoms with Crippen molar-refractivity contribution in [3.63, 3.8) is 0 Å². The van der Waals surface area contributed by atoms with Crippen molar-refractivity contribution in [2.24, 2.45) is 5.92 Å². The predicted octanol–water partition coefficient (Wildman–Crippen LogP) is 3.20. The number of fused-ring (bicyclic) bond motifs is 2. The van der Waals surface area contributed by atoms with Crippen LogP contribution >= 0.6 is 0 Å². The van der Waals surface area contributed by atoms with Gasteiger partial charge in [-0.25, -0.2) is 9.97 Å². The largest absolute Gasteiger partial charge is 0.466 e. The summed E-state index contributed by atoms with van der Waals surface area (Å²) in [5.41, 5.74) is 3.73. The molecule has 1 aliphatic heterocycles. The van der Waals surface area contributed by atoms with Crippen LogP contribution in [0.4, 0.5) is 0 Å². The Morgan fingerprint density at radius 2 is 1.63 bits per heavy atom. The van der Waals surface area contributed by atoms with Gasteiger partial charge in [0.15, 0.2) is 0 Å². The molecule has 6 nitrogen and oxygen atoms in total. The van der Waals surface area contributed by atoms with Crippen LogP contribution in [0.3, 0.4) is 0 Å². The molecule has 1 saturated heterocycles. The summed E-state index contributed by atoms with van der Waals surface area (Å²) >= 11 is 0. The number of amides is 1. The highest BCUT2D eigenvalue weighted by atomic mass is 16.5. The van der Waals surface area contributed by atoms with Gasteiger partial charge in [0.2, 0.25) is 0 Å². The molecule has 0 bridgehead atoms. The second kappa shape index (κ2) is 7.31. The molecule has 0 saturated carbocycles. The minimum atomic E-state index is -0.155. The van der Waals surface area contributed by atoms with E-state index < -0.39 is 0 Å². The minimum absolute atomic E-state index is 0.0332. The Kier molecular flexibility index (Phi) is 4.71. The van der Waals surface area contributed by atoms with Crippen molar-refractivity contribution in [1.82, 2.24) is 14.9 Å². The Hall–Kier alpha value is -3.02. The average Bonchev–Trinajstić information content (AvgIpc) is 2.71. The molecule has 0 atom stereocenters. The zero-order valence-corrected chi connectivity index (χ0v) is 15.2. The zero-order chi connectivity index (χ0) is 18.8. The maximum atomic E-state index is 12.9. The van der Waals surface area contributed by atoms with Crippen LogP contribution in [0, 0.1) is 5.92 Å². The van der Waals surface area contributed by atoms with E-state index in [1.807, 2.05) is 37.3 Å². The fraction of sp³-hybridized carbons (Fsp3) is 0.333. The highest BCUT2D eigenvalue weighted by molar-refractivity contribution is 5.98. The first-order valence-electron chi connectivity index (χ1n) is 9.28. The Morgan fingerprint density at radius 1 is 1.00 bits per heavy atom. The number of nitrogens with zero attached hydrogens (tertiary/aromatic N) is 3. The first-order valence-corrected chi connectivity index (χ1v) is 9.28. The van der Waals surface area contributed by atoms with E-state index in [1.54, 1.807) is 17.0 Å². The summed E-state index contributed by atoms with van der Waals surface area (Å²) in [4.78, 5) is 35.8. The number of piperidine rings is 1. The molecule has 1 fully saturated rings.